The number of hydrogen-bond acceptors (Lipinski definition) is 8. The second-order valence-electron chi connectivity index (χ2n) is 20.3. The lowest BCUT2D eigenvalue weighted by Crippen LogP contribution is -2.21. The molecule has 352 valence electrons. The molecule has 0 saturated carbocycles. The van der Waals surface area contributed by atoms with Crippen molar-refractivity contribution in [2.75, 3.05) is 13.7 Å². The van der Waals surface area contributed by atoms with Crippen LogP contribution in [0, 0.1) is 31.6 Å². The number of allylic oxidation sites excluding steroid dienone is 1. The van der Waals surface area contributed by atoms with Crippen LogP contribution in [0.1, 0.15) is 229 Å². The zero-order chi connectivity index (χ0) is 47.3. The molecule has 0 unspecified atom stereocenters. The lowest BCUT2D eigenvalue weighted by Gasteiger charge is -2.18. The number of carbonyl (C=O) groups excluding carboxylic acids is 4. The van der Waals surface area contributed by atoms with E-state index in [1.54, 1.807) is 6.92 Å². The molecule has 0 amide bonds. The van der Waals surface area contributed by atoms with Gasteiger partial charge in [0.25, 0.3) is 0 Å². The van der Waals surface area contributed by atoms with Gasteiger partial charge >= 0.3 is 11.9 Å². The maximum atomic E-state index is 14.4. The summed E-state index contributed by atoms with van der Waals surface area (Å²) in [5, 5.41) is 0. The Bertz CT molecular complexity index is 2450. The molecule has 10 heteroatoms. The van der Waals surface area contributed by atoms with E-state index in [0.717, 1.165) is 70.3 Å². The van der Waals surface area contributed by atoms with Gasteiger partial charge in [-0.2, -0.15) is 0 Å². The molecule has 1 aliphatic carbocycles. The Balaban J connectivity index is 1.25. The Labute approximate surface area is 387 Å². The minimum Gasteiger partial charge on any atom is -0.468 e. The number of esters is 2. The molecule has 7 atom stereocenters. The zero-order valence-electron chi connectivity index (χ0n) is 41.5. The molecule has 2 N–H and O–H groups in total. The predicted molar refractivity (Wildman–Crippen MR) is 261 cm³/mol. The van der Waals surface area contributed by atoms with Gasteiger partial charge in [-0.05, 0) is 107 Å². The number of aromatic nitrogens is 4. The lowest BCUT2D eigenvalue weighted by atomic mass is 9.84. The third kappa shape index (κ3) is 11.1. The van der Waals surface area contributed by atoms with Crippen molar-refractivity contribution in [3.8, 4) is 0 Å². The van der Waals surface area contributed by atoms with Gasteiger partial charge in [-0.1, -0.05) is 99.0 Å². The Morgan fingerprint density at radius 2 is 1.37 bits per heavy atom. The molecule has 0 radical (unpaired) electrons. The van der Waals surface area contributed by atoms with Crippen LogP contribution in [0.3, 0.4) is 0 Å². The van der Waals surface area contributed by atoms with Crippen molar-refractivity contribution in [3.05, 3.63) is 80.4 Å². The van der Waals surface area contributed by atoms with Crippen molar-refractivity contribution in [1.29, 1.82) is 0 Å². The smallest absolute Gasteiger partial charge is 0.321 e. The molecule has 8 bridgehead atoms. The first-order valence-electron chi connectivity index (χ1n) is 24.7. The summed E-state index contributed by atoms with van der Waals surface area (Å²) >= 11 is 0. The number of fused-ring (bicyclic) bond motifs is 8. The Morgan fingerprint density at radius 3 is 2.02 bits per heavy atom. The third-order valence-electron chi connectivity index (χ3n) is 14.9. The molecule has 65 heavy (non-hydrogen) atoms. The van der Waals surface area contributed by atoms with Crippen molar-refractivity contribution < 1.29 is 28.7 Å². The normalized spacial score (nSPS) is 20.4. The maximum absolute atomic E-state index is 14.4. The van der Waals surface area contributed by atoms with Crippen molar-refractivity contribution in [1.82, 2.24) is 19.9 Å². The fourth-order valence-corrected chi connectivity index (χ4v) is 10.8. The fourth-order valence-electron chi connectivity index (χ4n) is 10.8. The predicted octanol–water partition coefficient (Wildman–Crippen LogP) is 13.5. The number of rotatable bonds is 20. The monoisotopic (exact) mass is 889 g/mol. The Kier molecular flexibility index (Phi) is 16.5. The van der Waals surface area contributed by atoms with E-state index < -0.39 is 11.9 Å². The van der Waals surface area contributed by atoms with Gasteiger partial charge in [0, 0.05) is 74.9 Å². The Morgan fingerprint density at radius 1 is 0.769 bits per heavy atom. The number of Topliss-reactive ketones (excluding diaryl/α,β-unsaturated/α-hetero) is 2. The van der Waals surface area contributed by atoms with Crippen LogP contribution in [0.15, 0.2) is 29.8 Å². The van der Waals surface area contributed by atoms with E-state index in [9.17, 15) is 19.2 Å². The molecule has 0 aromatic carbocycles. The van der Waals surface area contributed by atoms with Gasteiger partial charge in [0.2, 0.25) is 0 Å². The Hall–Kier alpha value is -4.86. The topological polar surface area (TPSA) is 144 Å². The van der Waals surface area contributed by atoms with E-state index in [4.69, 9.17) is 19.4 Å². The highest BCUT2D eigenvalue weighted by atomic mass is 16.5. The number of ether oxygens (including phenoxy) is 2. The number of H-pyrrole nitrogens is 2. The molecule has 2 aliphatic heterocycles. The number of aryl methyl sites for hydroxylation is 2. The number of carbonyl (C=O) groups is 4. The largest absolute Gasteiger partial charge is 0.468 e. The van der Waals surface area contributed by atoms with E-state index in [1.165, 1.54) is 57.6 Å². The molecule has 0 saturated heterocycles. The van der Waals surface area contributed by atoms with Crippen LogP contribution in [-0.4, -0.2) is 57.2 Å². The van der Waals surface area contributed by atoms with Crippen LogP contribution < -0.4 is 0 Å². The number of hydrogen-bond donors (Lipinski definition) is 2. The molecular formula is C55H76N4O6. The van der Waals surface area contributed by atoms with Crippen LogP contribution in [-0.2, 0) is 19.1 Å². The van der Waals surface area contributed by atoms with Crippen LogP contribution in [0.5, 0.6) is 0 Å². The van der Waals surface area contributed by atoms with Crippen molar-refractivity contribution in [2.45, 2.75) is 183 Å². The molecule has 0 fully saturated rings. The molecular weight excluding hydrogens is 813 g/mol. The van der Waals surface area contributed by atoms with E-state index in [-0.39, 0.29) is 54.2 Å². The van der Waals surface area contributed by atoms with Gasteiger partial charge < -0.3 is 19.4 Å². The van der Waals surface area contributed by atoms with E-state index in [2.05, 4.69) is 65.4 Å². The summed E-state index contributed by atoms with van der Waals surface area (Å²) in [6, 6.07) is 5.99. The number of nitrogens with one attached hydrogen (secondary N) is 2. The highest BCUT2D eigenvalue weighted by Crippen LogP contribution is 2.48. The average Bonchev–Trinajstić information content (AvgIpc) is 4.00. The molecule has 3 aliphatic rings. The minimum atomic E-state index is -1.21. The molecule has 10 nitrogen and oxygen atoms in total. The highest BCUT2D eigenvalue weighted by Gasteiger charge is 2.45. The van der Waals surface area contributed by atoms with E-state index >= 15 is 0 Å². The summed E-state index contributed by atoms with van der Waals surface area (Å²) < 4.78 is 11.1. The van der Waals surface area contributed by atoms with Crippen LogP contribution >= 0.6 is 0 Å². The number of methoxy groups -OCH3 is 1. The zero-order valence-corrected chi connectivity index (χ0v) is 41.5. The van der Waals surface area contributed by atoms with Gasteiger partial charge in [0.15, 0.2) is 11.6 Å². The SMILES string of the molecule is CC[C@H]1c2cc3[nH]c4c(c3C)C(=O)[C@H](C(=O)OC)c4c3nc(cc4[nH]c(cc(n2)[C@@H]1C)c(C(C)=O)c4C)[C@@H](C)[C@@H]3CCC(=O)OCC=C(C)CCC[C@H](C)CCC[C@H](C)CCCC(C)C. The summed E-state index contributed by atoms with van der Waals surface area (Å²) in [6.07, 6.45) is 14.6. The third-order valence-corrected chi connectivity index (χ3v) is 14.9. The average molecular weight is 889 g/mol. The van der Waals surface area contributed by atoms with Gasteiger partial charge in [-0.25, -0.2) is 0 Å². The van der Waals surface area contributed by atoms with Gasteiger partial charge in [-0.15, -0.1) is 0 Å². The lowest BCUT2D eigenvalue weighted by molar-refractivity contribution is -0.143. The number of ketones is 2. The number of nitrogens with zero attached hydrogens (tertiary/aromatic N) is 2. The van der Waals surface area contributed by atoms with Crippen molar-refractivity contribution in [2.24, 2.45) is 17.8 Å². The summed E-state index contributed by atoms with van der Waals surface area (Å²) in [5.41, 5.74) is 10.1. The first kappa shape index (κ1) is 49.6. The first-order valence-corrected chi connectivity index (χ1v) is 24.7. The highest BCUT2D eigenvalue weighted by molar-refractivity contribution is 6.23. The van der Waals surface area contributed by atoms with Gasteiger partial charge in [0.05, 0.1) is 23.8 Å². The maximum Gasteiger partial charge on any atom is 0.321 e. The first-order chi connectivity index (χ1) is 30.9. The molecule has 6 rings (SSSR count). The minimum absolute atomic E-state index is 0.0532. The standard InChI is InChI=1S/C55H76N4O6/c1-13-39-34(7)41-29-46-48(38(11)60)36(9)43(57-46)27-42-35(8)40(52(58-42)50-51(55(63)64-12)54(62)49-37(10)44(59-53(49)50)28-45(39)56-41)23-24-47(61)65-26-25-33(6)22-16-21-32(5)20-15-19-31(4)18-14-17-30(2)3/h25,27-32,34-35,39-40,51,57,59H,13-24,26H2,1-12H3/t31-,32-,34-,35+,39-,40+,51-/m1/s1. The van der Waals surface area contributed by atoms with E-state index in [1.807, 2.05) is 38.1 Å². The second-order valence-corrected chi connectivity index (χ2v) is 20.3. The summed E-state index contributed by atoms with van der Waals surface area (Å²) in [4.78, 5) is 72.1. The molecule has 3 aromatic rings. The number of aromatic amines is 2. The molecule has 5 heterocycles. The van der Waals surface area contributed by atoms with Gasteiger partial charge in [0.1, 0.15) is 12.5 Å². The van der Waals surface area contributed by atoms with Crippen LogP contribution in [0.2, 0.25) is 0 Å². The summed E-state index contributed by atoms with van der Waals surface area (Å²) in [6.45, 7) is 23.5. The van der Waals surface area contributed by atoms with E-state index in [0.29, 0.717) is 45.8 Å². The quantitative estimate of drug-likeness (QED) is 0.0494. The molecule has 0 spiro atoms. The van der Waals surface area contributed by atoms with Crippen LogP contribution in [0.4, 0.5) is 0 Å². The summed E-state index contributed by atoms with van der Waals surface area (Å²) in [5.74, 6) is -0.573. The second kappa shape index (κ2) is 21.6. The molecule has 3 aromatic heterocycles. The van der Waals surface area contributed by atoms with Crippen LogP contribution in [0.25, 0.3) is 22.1 Å². The van der Waals surface area contributed by atoms with Crippen molar-refractivity contribution in [3.63, 3.8) is 0 Å². The fraction of sp³-hybridized carbons (Fsp3) is 0.600. The van der Waals surface area contributed by atoms with Gasteiger partial charge in [-0.3, -0.25) is 29.1 Å². The van der Waals surface area contributed by atoms with Crippen molar-refractivity contribution >= 4 is 45.6 Å². The summed E-state index contributed by atoms with van der Waals surface area (Å²) in [7, 11) is 1.30.